The van der Waals surface area contributed by atoms with Crippen LogP contribution in [0, 0.1) is 5.92 Å². The van der Waals surface area contributed by atoms with Gasteiger partial charge in [0.15, 0.2) is 5.79 Å². The Balaban J connectivity index is 1.87. The van der Waals surface area contributed by atoms with Crippen LogP contribution in [0.2, 0.25) is 0 Å². The third-order valence-electron chi connectivity index (χ3n) is 3.61. The third-order valence-corrected chi connectivity index (χ3v) is 3.61. The molecule has 3 aliphatic heterocycles. The van der Waals surface area contributed by atoms with E-state index in [2.05, 4.69) is 0 Å². The maximum atomic E-state index is 11.9. The highest BCUT2D eigenvalue weighted by Gasteiger charge is 2.62. The summed E-state index contributed by atoms with van der Waals surface area (Å²) in [6.45, 7) is 4.94. The summed E-state index contributed by atoms with van der Waals surface area (Å²) >= 11 is 0. The van der Waals surface area contributed by atoms with E-state index >= 15 is 0 Å². The Morgan fingerprint density at radius 2 is 2.00 bits per heavy atom. The van der Waals surface area contributed by atoms with Gasteiger partial charge >= 0.3 is 11.9 Å². The number of esters is 2. The van der Waals surface area contributed by atoms with Crippen LogP contribution in [0.3, 0.4) is 0 Å². The molecule has 2 bridgehead atoms. The van der Waals surface area contributed by atoms with E-state index in [1.807, 2.05) is 0 Å². The smallest absolute Gasteiger partial charge is 0.315 e. The SMILES string of the molecule is CC(=O)O[C@H]1C[C@@H]2OC(=O)[C@H]1[C@H]1OC(C)(C)O[C@H]12. The van der Waals surface area contributed by atoms with Crippen molar-refractivity contribution in [2.45, 2.75) is 57.4 Å². The lowest BCUT2D eigenvalue weighted by Crippen LogP contribution is -2.62. The molecule has 1 aliphatic carbocycles. The number of rotatable bonds is 1. The van der Waals surface area contributed by atoms with Crippen molar-refractivity contribution >= 4 is 11.9 Å². The molecule has 4 aliphatic rings. The van der Waals surface area contributed by atoms with Crippen molar-refractivity contribution in [2.75, 3.05) is 0 Å². The minimum atomic E-state index is -0.731. The van der Waals surface area contributed by atoms with E-state index in [0.717, 1.165) is 0 Å². The van der Waals surface area contributed by atoms with Gasteiger partial charge in [-0.1, -0.05) is 0 Å². The molecule has 4 fully saturated rings. The molecule has 4 rings (SSSR count). The van der Waals surface area contributed by atoms with Gasteiger partial charge in [-0.2, -0.15) is 0 Å². The summed E-state index contributed by atoms with van der Waals surface area (Å²) < 4.78 is 22.0. The Morgan fingerprint density at radius 3 is 2.67 bits per heavy atom. The van der Waals surface area contributed by atoms with Gasteiger partial charge < -0.3 is 18.9 Å². The van der Waals surface area contributed by atoms with Gasteiger partial charge in [-0.3, -0.25) is 9.59 Å². The summed E-state index contributed by atoms with van der Waals surface area (Å²) in [6, 6.07) is 0. The zero-order valence-electron chi connectivity index (χ0n) is 10.5. The van der Waals surface area contributed by atoms with Crippen molar-refractivity contribution in [3.8, 4) is 0 Å². The van der Waals surface area contributed by atoms with Crippen molar-refractivity contribution in [3.63, 3.8) is 0 Å². The van der Waals surface area contributed by atoms with Crippen molar-refractivity contribution in [3.05, 3.63) is 0 Å². The molecule has 1 saturated carbocycles. The van der Waals surface area contributed by atoms with E-state index < -0.39 is 29.9 Å². The summed E-state index contributed by atoms with van der Waals surface area (Å²) in [5.74, 6) is -2.06. The fourth-order valence-corrected chi connectivity index (χ4v) is 3.07. The minimum absolute atomic E-state index is 0.255. The molecule has 0 aromatic heterocycles. The summed E-state index contributed by atoms with van der Waals surface area (Å²) in [5, 5.41) is 0. The predicted octanol–water partition coefficient (Wildman–Crippen LogP) is 0.383. The Morgan fingerprint density at radius 1 is 1.33 bits per heavy atom. The number of fused-ring (bicyclic) bond motifs is 2. The summed E-state index contributed by atoms with van der Waals surface area (Å²) in [6.07, 6.45) is -1.01. The molecule has 5 atom stereocenters. The van der Waals surface area contributed by atoms with E-state index in [-0.39, 0.29) is 18.2 Å². The van der Waals surface area contributed by atoms with Gasteiger partial charge in [0.2, 0.25) is 0 Å². The molecular formula is C12H16O6. The monoisotopic (exact) mass is 256 g/mol. The molecule has 0 aromatic rings. The fourth-order valence-electron chi connectivity index (χ4n) is 3.07. The van der Waals surface area contributed by atoms with Gasteiger partial charge in [-0.25, -0.2) is 0 Å². The third kappa shape index (κ3) is 1.71. The van der Waals surface area contributed by atoms with Gasteiger partial charge in [-0.05, 0) is 13.8 Å². The van der Waals surface area contributed by atoms with Crippen LogP contribution in [0.4, 0.5) is 0 Å². The number of ether oxygens (including phenoxy) is 4. The van der Waals surface area contributed by atoms with Crippen LogP contribution in [0.25, 0.3) is 0 Å². The predicted molar refractivity (Wildman–Crippen MR) is 57.4 cm³/mol. The Bertz CT molecular complexity index is 403. The second-order valence-electron chi connectivity index (χ2n) is 5.45. The zero-order valence-corrected chi connectivity index (χ0v) is 10.5. The van der Waals surface area contributed by atoms with Gasteiger partial charge in [0.25, 0.3) is 0 Å². The molecule has 100 valence electrons. The zero-order chi connectivity index (χ0) is 13.1. The molecule has 0 amide bonds. The Kier molecular flexibility index (Phi) is 2.44. The number of carbonyl (C=O) groups excluding carboxylic acids is 2. The average molecular weight is 256 g/mol. The van der Waals surface area contributed by atoms with Crippen LogP contribution in [0.5, 0.6) is 0 Å². The lowest BCUT2D eigenvalue weighted by atomic mass is 9.77. The summed E-state index contributed by atoms with van der Waals surface area (Å²) in [7, 11) is 0. The maximum Gasteiger partial charge on any atom is 0.315 e. The first kappa shape index (κ1) is 11.9. The molecule has 0 spiro atoms. The first-order chi connectivity index (χ1) is 8.37. The van der Waals surface area contributed by atoms with E-state index in [1.165, 1.54) is 6.92 Å². The molecule has 0 aromatic carbocycles. The standard InChI is InChI=1S/C12H16O6/c1-5(13)15-6-4-7-9-10(8(6)11(14)16-7)18-12(2,3)17-9/h6-10H,4H2,1-3H3/t6-,7-,8+,9-,10+/m0/s1. The van der Waals surface area contributed by atoms with Gasteiger partial charge in [0.1, 0.15) is 30.3 Å². The first-order valence-electron chi connectivity index (χ1n) is 6.11. The lowest BCUT2D eigenvalue weighted by Gasteiger charge is -2.45. The van der Waals surface area contributed by atoms with Crippen LogP contribution >= 0.6 is 0 Å². The molecule has 6 nitrogen and oxygen atoms in total. The number of hydrogen-bond donors (Lipinski definition) is 0. The molecule has 3 heterocycles. The van der Waals surface area contributed by atoms with Gasteiger partial charge in [0.05, 0.1) is 0 Å². The Hall–Kier alpha value is -1.14. The van der Waals surface area contributed by atoms with Crippen molar-refractivity contribution < 1.29 is 28.5 Å². The average Bonchev–Trinajstić information content (AvgIpc) is 2.52. The van der Waals surface area contributed by atoms with Crippen LogP contribution in [0.15, 0.2) is 0 Å². The van der Waals surface area contributed by atoms with Crippen LogP contribution in [-0.4, -0.2) is 42.1 Å². The first-order valence-corrected chi connectivity index (χ1v) is 6.11. The van der Waals surface area contributed by atoms with Crippen LogP contribution in [0.1, 0.15) is 27.2 Å². The van der Waals surface area contributed by atoms with E-state index in [4.69, 9.17) is 18.9 Å². The number of carbonyl (C=O) groups is 2. The van der Waals surface area contributed by atoms with Gasteiger partial charge in [0, 0.05) is 13.3 Å². The summed E-state index contributed by atoms with van der Waals surface area (Å²) in [4.78, 5) is 22.9. The molecule has 0 radical (unpaired) electrons. The van der Waals surface area contributed by atoms with Crippen molar-refractivity contribution in [1.29, 1.82) is 0 Å². The number of hydrogen-bond acceptors (Lipinski definition) is 6. The lowest BCUT2D eigenvalue weighted by molar-refractivity contribution is -0.212. The quantitative estimate of drug-likeness (QED) is 0.632. The van der Waals surface area contributed by atoms with Gasteiger partial charge in [-0.15, -0.1) is 0 Å². The Labute approximate surface area is 105 Å². The topological polar surface area (TPSA) is 71.1 Å². The van der Waals surface area contributed by atoms with Crippen molar-refractivity contribution in [2.24, 2.45) is 5.92 Å². The molecule has 6 heteroatoms. The highest BCUT2D eigenvalue weighted by atomic mass is 16.8. The molecular weight excluding hydrogens is 240 g/mol. The van der Waals surface area contributed by atoms with Crippen LogP contribution in [-0.2, 0) is 28.5 Å². The normalized spacial score (nSPS) is 44.4. The molecule has 3 saturated heterocycles. The molecule has 0 unspecified atom stereocenters. The highest BCUT2D eigenvalue weighted by Crippen LogP contribution is 2.46. The molecule has 18 heavy (non-hydrogen) atoms. The fraction of sp³-hybridized carbons (Fsp3) is 0.833. The minimum Gasteiger partial charge on any atom is -0.461 e. The second-order valence-corrected chi connectivity index (χ2v) is 5.45. The molecule has 0 N–H and O–H groups in total. The maximum absolute atomic E-state index is 11.9. The van der Waals surface area contributed by atoms with Crippen molar-refractivity contribution in [1.82, 2.24) is 0 Å². The second kappa shape index (κ2) is 3.68. The van der Waals surface area contributed by atoms with Crippen LogP contribution < -0.4 is 0 Å². The largest absolute Gasteiger partial charge is 0.461 e. The highest BCUT2D eigenvalue weighted by molar-refractivity contribution is 5.77. The van der Waals surface area contributed by atoms with E-state index in [0.29, 0.717) is 6.42 Å². The van der Waals surface area contributed by atoms with E-state index in [9.17, 15) is 9.59 Å². The van der Waals surface area contributed by atoms with E-state index in [1.54, 1.807) is 13.8 Å². The summed E-state index contributed by atoms with van der Waals surface area (Å²) in [5.41, 5.74) is 0.